The van der Waals surface area contributed by atoms with E-state index in [4.69, 9.17) is 9.47 Å². The second-order valence-corrected chi connectivity index (χ2v) is 5.23. The Labute approximate surface area is 141 Å². The number of aryl methyl sites for hydroxylation is 1. The van der Waals surface area contributed by atoms with Gasteiger partial charge in [0.15, 0.2) is 0 Å². The van der Waals surface area contributed by atoms with Crippen molar-refractivity contribution in [3.05, 3.63) is 65.2 Å². The number of nitrogens with one attached hydrogen (secondary N) is 1. The second-order valence-electron chi connectivity index (χ2n) is 5.23. The first-order valence-corrected chi connectivity index (χ1v) is 7.83. The van der Waals surface area contributed by atoms with Gasteiger partial charge in [-0.15, -0.1) is 0 Å². The molecule has 2 aromatic carbocycles. The zero-order chi connectivity index (χ0) is 17.4. The summed E-state index contributed by atoms with van der Waals surface area (Å²) in [5.41, 5.74) is 2.66. The van der Waals surface area contributed by atoms with Crippen LogP contribution in [0.5, 0.6) is 0 Å². The number of ether oxygens (including phenoxy) is 2. The lowest BCUT2D eigenvalue weighted by Crippen LogP contribution is -2.13. The van der Waals surface area contributed by atoms with Crippen molar-refractivity contribution in [1.29, 1.82) is 0 Å². The Kier molecular flexibility index (Phi) is 6.51. The van der Waals surface area contributed by atoms with Crippen LogP contribution >= 0.6 is 0 Å². The maximum Gasteiger partial charge on any atom is 0.338 e. The van der Waals surface area contributed by atoms with Gasteiger partial charge in [0.25, 0.3) is 5.91 Å². The Balaban J connectivity index is 1.92. The summed E-state index contributed by atoms with van der Waals surface area (Å²) in [5.74, 6) is -0.600. The van der Waals surface area contributed by atoms with Crippen LogP contribution in [0.25, 0.3) is 0 Å². The molecule has 1 amide bonds. The summed E-state index contributed by atoms with van der Waals surface area (Å²) in [7, 11) is 0. The van der Waals surface area contributed by atoms with Gasteiger partial charge in [-0.3, -0.25) is 4.79 Å². The summed E-state index contributed by atoms with van der Waals surface area (Å²) in [6.45, 7) is 5.01. The van der Waals surface area contributed by atoms with Crippen molar-refractivity contribution in [2.75, 3.05) is 25.1 Å². The number of anilines is 1. The molecule has 0 unspecified atom stereocenters. The molecule has 0 saturated carbocycles. The predicted octanol–water partition coefficient (Wildman–Crippen LogP) is 3.44. The summed E-state index contributed by atoms with van der Waals surface area (Å²) in [5, 5.41) is 2.80. The molecule has 126 valence electrons. The Morgan fingerprint density at radius 3 is 2.42 bits per heavy atom. The van der Waals surface area contributed by atoms with E-state index in [-0.39, 0.29) is 12.5 Å². The van der Waals surface area contributed by atoms with Gasteiger partial charge in [0.05, 0.1) is 12.2 Å². The van der Waals surface area contributed by atoms with Crippen LogP contribution in [0.2, 0.25) is 0 Å². The minimum Gasteiger partial charge on any atom is -0.460 e. The van der Waals surface area contributed by atoms with Crippen LogP contribution in [-0.2, 0) is 9.47 Å². The molecule has 24 heavy (non-hydrogen) atoms. The molecule has 0 atom stereocenters. The van der Waals surface area contributed by atoms with Crippen LogP contribution in [0, 0.1) is 6.92 Å². The first-order chi connectivity index (χ1) is 11.6. The number of esters is 1. The molecule has 0 heterocycles. The molecule has 1 N–H and O–H groups in total. The van der Waals surface area contributed by atoms with Crippen molar-refractivity contribution in [2.45, 2.75) is 13.8 Å². The molecule has 0 bridgehead atoms. The van der Waals surface area contributed by atoms with E-state index in [9.17, 15) is 9.59 Å². The lowest BCUT2D eigenvalue weighted by molar-refractivity contribution is 0.0335. The fraction of sp³-hybridized carbons (Fsp3) is 0.263. The largest absolute Gasteiger partial charge is 0.460 e. The van der Waals surface area contributed by atoms with Crippen LogP contribution in [0.4, 0.5) is 5.69 Å². The molecular formula is C19H21NO4. The third-order valence-electron chi connectivity index (χ3n) is 3.32. The summed E-state index contributed by atoms with van der Waals surface area (Å²) >= 11 is 0. The Bertz CT molecular complexity index is 695. The molecule has 2 aromatic rings. The normalized spacial score (nSPS) is 10.2. The highest BCUT2D eigenvalue weighted by atomic mass is 16.6. The van der Waals surface area contributed by atoms with E-state index in [1.54, 1.807) is 30.3 Å². The molecule has 0 aromatic heterocycles. The number of rotatable bonds is 7. The summed E-state index contributed by atoms with van der Waals surface area (Å²) < 4.78 is 10.2. The van der Waals surface area contributed by atoms with Crippen LogP contribution in [0.15, 0.2) is 48.5 Å². The summed E-state index contributed by atoms with van der Waals surface area (Å²) in [6, 6.07) is 13.9. The lowest BCUT2D eigenvalue weighted by atomic mass is 10.1. The second kappa shape index (κ2) is 8.84. The predicted molar refractivity (Wildman–Crippen MR) is 92.3 cm³/mol. The van der Waals surface area contributed by atoms with Crippen molar-refractivity contribution in [2.24, 2.45) is 0 Å². The monoisotopic (exact) mass is 327 g/mol. The standard InChI is InChI=1S/C19H21NO4/c1-3-23-11-12-24-19(22)15-7-9-17(10-8-15)20-18(21)16-6-4-5-14(2)13-16/h4-10,13H,3,11-12H2,1-2H3,(H,20,21). The number of hydrogen-bond acceptors (Lipinski definition) is 4. The molecule has 0 saturated heterocycles. The third-order valence-corrected chi connectivity index (χ3v) is 3.32. The minimum absolute atomic E-state index is 0.189. The summed E-state index contributed by atoms with van der Waals surface area (Å²) in [6.07, 6.45) is 0. The molecule has 0 fully saturated rings. The molecule has 2 rings (SSSR count). The summed E-state index contributed by atoms with van der Waals surface area (Å²) in [4.78, 5) is 24.0. The minimum atomic E-state index is -0.411. The molecular weight excluding hydrogens is 306 g/mol. The van der Waals surface area contributed by atoms with Crippen molar-refractivity contribution < 1.29 is 19.1 Å². The molecule has 0 spiro atoms. The number of carbonyl (C=O) groups is 2. The van der Waals surface area contributed by atoms with Crippen LogP contribution in [0.3, 0.4) is 0 Å². The van der Waals surface area contributed by atoms with Crippen LogP contribution < -0.4 is 5.32 Å². The average Bonchev–Trinajstić information content (AvgIpc) is 2.59. The first kappa shape index (κ1) is 17.7. The highest BCUT2D eigenvalue weighted by Gasteiger charge is 2.09. The Morgan fingerprint density at radius 2 is 1.75 bits per heavy atom. The number of hydrogen-bond donors (Lipinski definition) is 1. The van der Waals surface area contributed by atoms with Gasteiger partial charge in [-0.2, -0.15) is 0 Å². The van der Waals surface area contributed by atoms with E-state index in [1.807, 2.05) is 32.0 Å². The van der Waals surface area contributed by atoms with E-state index in [0.29, 0.717) is 30.0 Å². The van der Waals surface area contributed by atoms with Gasteiger partial charge in [-0.25, -0.2) is 4.79 Å². The molecule has 0 aliphatic carbocycles. The van der Waals surface area contributed by atoms with Gasteiger partial charge in [0.2, 0.25) is 0 Å². The Hall–Kier alpha value is -2.66. The van der Waals surface area contributed by atoms with E-state index in [0.717, 1.165) is 5.56 Å². The van der Waals surface area contributed by atoms with Gasteiger partial charge in [-0.1, -0.05) is 17.7 Å². The molecule has 0 radical (unpaired) electrons. The van der Waals surface area contributed by atoms with Gasteiger partial charge >= 0.3 is 5.97 Å². The van der Waals surface area contributed by atoms with Gasteiger partial charge in [0.1, 0.15) is 6.61 Å². The first-order valence-electron chi connectivity index (χ1n) is 7.83. The van der Waals surface area contributed by atoms with Crippen molar-refractivity contribution in [3.63, 3.8) is 0 Å². The van der Waals surface area contributed by atoms with Crippen molar-refractivity contribution in [3.8, 4) is 0 Å². The molecule has 0 aliphatic heterocycles. The zero-order valence-corrected chi connectivity index (χ0v) is 13.9. The highest BCUT2D eigenvalue weighted by Crippen LogP contribution is 2.13. The van der Waals surface area contributed by atoms with Crippen LogP contribution in [0.1, 0.15) is 33.2 Å². The zero-order valence-electron chi connectivity index (χ0n) is 13.9. The fourth-order valence-electron chi connectivity index (χ4n) is 2.10. The molecule has 0 aliphatic rings. The van der Waals surface area contributed by atoms with E-state index < -0.39 is 5.97 Å². The number of benzene rings is 2. The van der Waals surface area contributed by atoms with Gasteiger partial charge in [0, 0.05) is 17.9 Å². The SMILES string of the molecule is CCOCCOC(=O)c1ccc(NC(=O)c2cccc(C)c2)cc1. The van der Waals surface area contributed by atoms with E-state index in [2.05, 4.69) is 5.32 Å². The highest BCUT2D eigenvalue weighted by molar-refractivity contribution is 6.04. The van der Waals surface area contributed by atoms with Crippen LogP contribution in [-0.4, -0.2) is 31.7 Å². The average molecular weight is 327 g/mol. The Morgan fingerprint density at radius 1 is 1.00 bits per heavy atom. The molecule has 5 heteroatoms. The molecule has 5 nitrogen and oxygen atoms in total. The fourth-order valence-corrected chi connectivity index (χ4v) is 2.10. The van der Waals surface area contributed by atoms with Crippen molar-refractivity contribution >= 4 is 17.6 Å². The lowest BCUT2D eigenvalue weighted by Gasteiger charge is -2.08. The van der Waals surface area contributed by atoms with E-state index in [1.165, 1.54) is 0 Å². The van der Waals surface area contributed by atoms with Gasteiger partial charge < -0.3 is 14.8 Å². The smallest absolute Gasteiger partial charge is 0.338 e. The number of amides is 1. The maximum absolute atomic E-state index is 12.2. The van der Waals surface area contributed by atoms with Gasteiger partial charge in [-0.05, 0) is 50.2 Å². The number of carbonyl (C=O) groups excluding carboxylic acids is 2. The maximum atomic E-state index is 12.2. The topological polar surface area (TPSA) is 64.6 Å². The van der Waals surface area contributed by atoms with Crippen molar-refractivity contribution in [1.82, 2.24) is 0 Å². The third kappa shape index (κ3) is 5.21. The van der Waals surface area contributed by atoms with E-state index >= 15 is 0 Å². The quantitative estimate of drug-likeness (QED) is 0.625.